The van der Waals surface area contributed by atoms with E-state index in [1.807, 2.05) is 25.1 Å². The Morgan fingerprint density at radius 2 is 1.22 bits per heavy atom. The Morgan fingerprint density at radius 3 is 1.81 bits per heavy atom. The van der Waals surface area contributed by atoms with Gasteiger partial charge in [-0.25, -0.2) is 9.78 Å². The number of guanidine groups is 1. The fourth-order valence-electron chi connectivity index (χ4n) is 8.05. The number of aromatic amines is 2. The average Bonchev–Trinajstić information content (AvgIpc) is 4.06. The zero-order valence-corrected chi connectivity index (χ0v) is 45.5. The Balaban J connectivity index is 1.62. The molecule has 0 aliphatic rings. The summed E-state index contributed by atoms with van der Waals surface area (Å²) in [5, 5.41) is 31.6. The van der Waals surface area contributed by atoms with Crippen molar-refractivity contribution in [2.45, 2.75) is 139 Å². The highest BCUT2D eigenvalue weighted by atomic mass is 32.1. The van der Waals surface area contributed by atoms with E-state index in [4.69, 9.17) is 11.5 Å². The van der Waals surface area contributed by atoms with Gasteiger partial charge in [-0.1, -0.05) is 68.3 Å². The Hall–Kier alpha value is -7.61. The third kappa shape index (κ3) is 20.1. The lowest BCUT2D eigenvalue weighted by Gasteiger charge is -2.32. The number of H-pyrrole nitrogens is 2. The van der Waals surface area contributed by atoms with Gasteiger partial charge in [0.15, 0.2) is 5.96 Å². The number of hydrogen-bond acceptors (Lipinski definition) is 13. The first-order valence-corrected chi connectivity index (χ1v) is 26.2. The first-order valence-electron chi connectivity index (χ1n) is 25.1. The van der Waals surface area contributed by atoms with Crippen molar-refractivity contribution in [2.75, 3.05) is 12.3 Å². The molecule has 8 atom stereocenters. The first kappa shape index (κ1) is 61.9. The average molecular weight is 1110 g/mol. The summed E-state index contributed by atoms with van der Waals surface area (Å²) in [6, 6.07) is 5.37. The Kier molecular flexibility index (Phi) is 24.3. The van der Waals surface area contributed by atoms with Crippen LogP contribution >= 0.6 is 25.3 Å². The van der Waals surface area contributed by atoms with Gasteiger partial charge in [-0.15, -0.1) is 0 Å². The van der Waals surface area contributed by atoms with Crippen molar-refractivity contribution < 1.29 is 48.3 Å². The Bertz CT molecular complexity index is 2680. The number of carboxylic acid groups (broad SMARTS) is 1. The summed E-state index contributed by atoms with van der Waals surface area (Å²) in [5.74, 6) is -7.84. The number of rotatable bonds is 31. The van der Waals surface area contributed by atoms with Crippen LogP contribution in [0.4, 0.5) is 0 Å². The van der Waals surface area contributed by atoms with Gasteiger partial charge in [0.2, 0.25) is 47.3 Å². The van der Waals surface area contributed by atoms with E-state index in [2.05, 4.69) is 87.7 Å². The van der Waals surface area contributed by atoms with Crippen LogP contribution in [0.25, 0.3) is 10.9 Å². The van der Waals surface area contributed by atoms with Crippen LogP contribution in [0.2, 0.25) is 0 Å². The van der Waals surface area contributed by atoms with Gasteiger partial charge in [-0.3, -0.25) is 43.3 Å². The minimum absolute atomic E-state index is 0.0430. The molecule has 24 nitrogen and oxygen atoms in total. The Morgan fingerprint density at radius 1 is 0.675 bits per heavy atom. The monoisotopic (exact) mass is 1100 g/mol. The van der Waals surface area contributed by atoms with Crippen LogP contribution in [0, 0.1) is 0 Å². The van der Waals surface area contributed by atoms with Crippen molar-refractivity contribution in [3.05, 3.63) is 90.1 Å². The number of carbonyl (C=O) groups is 9. The van der Waals surface area contributed by atoms with Crippen LogP contribution in [-0.2, 0) is 62.4 Å². The fourth-order valence-corrected chi connectivity index (χ4v) is 8.48. The number of hydrogen-bond donors (Lipinski definition) is 15. The highest BCUT2D eigenvalue weighted by Gasteiger charge is 2.38. The molecule has 0 bridgehead atoms. The largest absolute Gasteiger partial charge is 0.480 e. The lowest BCUT2D eigenvalue weighted by molar-refractivity contribution is -0.141. The molecular formula is C51H72N14O10S2. The van der Waals surface area contributed by atoms with Crippen molar-refractivity contribution in [1.82, 2.24) is 57.5 Å². The van der Waals surface area contributed by atoms with Gasteiger partial charge in [-0.05, 0) is 57.2 Å². The van der Waals surface area contributed by atoms with Crippen LogP contribution in [-0.4, -0.2) is 145 Å². The third-order valence-corrected chi connectivity index (χ3v) is 12.8. The molecule has 0 fully saturated rings. The minimum atomic E-state index is -1.41. The van der Waals surface area contributed by atoms with E-state index in [1.165, 1.54) is 26.4 Å². The predicted molar refractivity (Wildman–Crippen MR) is 295 cm³/mol. The number of amides is 8. The first-order chi connectivity index (χ1) is 36.5. The number of nitrogens with zero attached hydrogens (tertiary/aromatic N) is 2. The van der Waals surface area contributed by atoms with E-state index in [0.717, 1.165) is 17.3 Å². The summed E-state index contributed by atoms with van der Waals surface area (Å²) in [6.45, 7) is 7.79. The molecule has 2 heterocycles. The van der Waals surface area contributed by atoms with Crippen molar-refractivity contribution in [2.24, 2.45) is 16.5 Å². The zero-order chi connectivity index (χ0) is 56.8. The molecular weight excluding hydrogens is 1030 g/mol. The molecule has 0 radical (unpaired) electrons. The number of aliphatic carboxylic acids is 1. The molecule has 0 aliphatic heterocycles. The van der Waals surface area contributed by atoms with Crippen molar-refractivity contribution in [3.63, 3.8) is 0 Å². The summed E-state index contributed by atoms with van der Waals surface area (Å²) in [7, 11) is 0. The lowest BCUT2D eigenvalue weighted by atomic mass is 10.00. The van der Waals surface area contributed by atoms with E-state index >= 15 is 0 Å². The molecule has 2 aromatic heterocycles. The number of nitrogens with one attached hydrogen (secondary N) is 10. The maximum absolute atomic E-state index is 14.6. The van der Waals surface area contributed by atoms with E-state index < -0.39 is 106 Å². The molecule has 15 N–H and O–H groups in total. The molecule has 2 aromatic carbocycles. The quantitative estimate of drug-likeness (QED) is 0.0135. The number of imidazole rings is 1. The standard InChI is InChI=1S/C51H72N14O10S2/c1-6-7-17-35(59-29(3)66)44(69)65-41(51(4,5)77)48(73)58-28(2)42(67)61-39(23-32-25-54-27-57-32)47(72)62-37(21-30-14-9-8-10-15-30)45(70)60-36(19-13-20-55-50(52)53)43(68)63-38(46(71)64-40(26-76)49(74)75)22-31-24-56-34-18-12-11-16-33(31)34/h8-12,14-16,18,24-25,27-28,35-41,56,76-77H,6-7,13,17,19-23,26H2,1-5H3,(H,54,57)(H,58,73)(H,59,66)(H,60,70)(H,61,67)(H,62,72)(H,63,68)(H,64,71)(H,65,69)(H,74,75)(H4,52,53,55)/t28-,35+,36+,37-,38+,39+,40+,41-/m1/s1. The van der Waals surface area contributed by atoms with Gasteiger partial charge in [0.1, 0.15) is 48.3 Å². The Labute approximate surface area is 457 Å². The maximum Gasteiger partial charge on any atom is 0.327 e. The highest BCUT2D eigenvalue weighted by Crippen LogP contribution is 2.21. The van der Waals surface area contributed by atoms with E-state index in [-0.39, 0.29) is 50.4 Å². The van der Waals surface area contributed by atoms with Crippen LogP contribution in [0.15, 0.2) is 78.3 Å². The number of unbranched alkanes of at least 4 members (excludes halogenated alkanes) is 1. The van der Waals surface area contributed by atoms with Crippen LogP contribution in [0.3, 0.4) is 0 Å². The molecule has 26 heteroatoms. The topological polar surface area (TPSA) is 379 Å². The number of carbonyl (C=O) groups excluding carboxylic acids is 8. The van der Waals surface area contributed by atoms with E-state index in [1.54, 1.807) is 56.4 Å². The van der Waals surface area contributed by atoms with Crippen LogP contribution in [0.5, 0.6) is 0 Å². The lowest BCUT2D eigenvalue weighted by Crippen LogP contribution is -2.62. The molecule has 8 amide bonds. The van der Waals surface area contributed by atoms with Gasteiger partial charge < -0.3 is 69.1 Å². The van der Waals surface area contributed by atoms with Crippen LogP contribution in [0.1, 0.15) is 83.5 Å². The molecule has 0 saturated heterocycles. The molecule has 4 aromatic rings. The second-order valence-electron chi connectivity index (χ2n) is 19.0. The number of benzene rings is 2. The van der Waals surface area contributed by atoms with Gasteiger partial charge in [0.25, 0.3) is 0 Å². The second kappa shape index (κ2) is 30.2. The SMILES string of the molecule is CCCC[C@H](NC(C)=O)C(=O)N[C@H](C(=O)N[C@H](C)C(=O)N[C@@H](Cc1cnc[nH]1)C(=O)N[C@H](Cc1ccccc1)C(=O)N[C@@H](CCCN=C(N)N)C(=O)N[C@@H](Cc1c[nH]c2ccccc12)C(=O)N[C@@H](CS)C(=O)O)C(C)(C)S. The zero-order valence-electron chi connectivity index (χ0n) is 43.7. The minimum Gasteiger partial charge on any atom is -0.480 e. The van der Waals surface area contributed by atoms with Crippen LogP contribution < -0.4 is 54.0 Å². The third-order valence-electron chi connectivity index (χ3n) is 12.2. The van der Waals surface area contributed by atoms with E-state index in [9.17, 15) is 48.3 Å². The van der Waals surface area contributed by atoms with Gasteiger partial charge in [0, 0.05) is 72.2 Å². The summed E-state index contributed by atoms with van der Waals surface area (Å²) < 4.78 is -1.17. The number of thiol groups is 2. The number of aliphatic imine (C=N–C) groups is 1. The molecule has 4 rings (SSSR count). The van der Waals surface area contributed by atoms with E-state index in [0.29, 0.717) is 29.7 Å². The maximum atomic E-state index is 14.6. The molecule has 77 heavy (non-hydrogen) atoms. The van der Waals surface area contributed by atoms with Gasteiger partial charge in [-0.2, -0.15) is 25.3 Å². The summed E-state index contributed by atoms with van der Waals surface area (Å²) in [4.78, 5) is 137. The molecule has 0 unspecified atom stereocenters. The van der Waals surface area contributed by atoms with Gasteiger partial charge in [0.05, 0.1) is 6.33 Å². The van der Waals surface area contributed by atoms with Crippen molar-refractivity contribution >= 4 is 95.3 Å². The molecule has 0 saturated carbocycles. The second-order valence-corrected chi connectivity index (χ2v) is 20.5. The number of fused-ring (bicyclic) bond motifs is 1. The molecule has 418 valence electrons. The normalized spacial score (nSPS) is 14.4. The van der Waals surface area contributed by atoms with Crippen molar-refractivity contribution in [1.29, 1.82) is 0 Å². The number of nitrogens with two attached hydrogens (primary N) is 2. The number of aromatic nitrogens is 3. The summed E-state index contributed by atoms with van der Waals surface area (Å²) in [5.41, 5.74) is 13.5. The molecule has 0 spiro atoms. The summed E-state index contributed by atoms with van der Waals surface area (Å²) in [6.07, 6.45) is 5.82. The highest BCUT2D eigenvalue weighted by molar-refractivity contribution is 7.81. The molecule has 0 aliphatic carbocycles. The smallest absolute Gasteiger partial charge is 0.327 e. The number of carboxylic acids is 1. The van der Waals surface area contributed by atoms with Crippen molar-refractivity contribution in [3.8, 4) is 0 Å². The summed E-state index contributed by atoms with van der Waals surface area (Å²) >= 11 is 8.63. The fraction of sp³-hybridized carbons (Fsp3) is 0.471. The number of para-hydroxylation sites is 1. The van der Waals surface area contributed by atoms with Gasteiger partial charge >= 0.3 is 5.97 Å². The predicted octanol–water partition coefficient (Wildman–Crippen LogP) is -0.196.